The largest absolute Gasteiger partial charge is 0.497 e. The number of methoxy groups -OCH3 is 1. The number of guanidine groups is 1. The van der Waals surface area contributed by atoms with Crippen molar-refractivity contribution in [3.8, 4) is 5.75 Å². The summed E-state index contributed by atoms with van der Waals surface area (Å²) in [5.74, 6) is 2.71. The van der Waals surface area contributed by atoms with Crippen LogP contribution in [0.25, 0.3) is 0 Å². The summed E-state index contributed by atoms with van der Waals surface area (Å²) in [6, 6.07) is 8.44. The summed E-state index contributed by atoms with van der Waals surface area (Å²) in [7, 11) is 1.68. The van der Waals surface area contributed by atoms with Crippen molar-refractivity contribution >= 4 is 5.96 Å². The lowest BCUT2D eigenvalue weighted by Gasteiger charge is -2.15. The van der Waals surface area contributed by atoms with Crippen molar-refractivity contribution in [2.24, 2.45) is 4.99 Å². The van der Waals surface area contributed by atoms with E-state index in [9.17, 15) is 0 Å². The van der Waals surface area contributed by atoms with Gasteiger partial charge in [-0.2, -0.15) is 0 Å². The molecule has 0 saturated heterocycles. The maximum absolute atomic E-state index is 5.19. The fourth-order valence-electron chi connectivity index (χ4n) is 2.55. The highest BCUT2D eigenvalue weighted by Gasteiger charge is 2.04. The van der Waals surface area contributed by atoms with Gasteiger partial charge in [-0.15, -0.1) is 10.2 Å². The predicted octanol–water partition coefficient (Wildman–Crippen LogP) is 2.04. The van der Waals surface area contributed by atoms with E-state index in [1.54, 1.807) is 13.4 Å². The fourth-order valence-corrected chi connectivity index (χ4v) is 2.55. The van der Waals surface area contributed by atoms with Crippen LogP contribution in [0.4, 0.5) is 0 Å². The molecule has 1 aromatic heterocycles. The molecule has 142 valence electrons. The first-order valence-electron chi connectivity index (χ1n) is 9.16. The molecule has 0 amide bonds. The number of nitrogens with zero attached hydrogens (tertiary/aromatic N) is 4. The van der Waals surface area contributed by atoms with E-state index >= 15 is 0 Å². The van der Waals surface area contributed by atoms with Crippen LogP contribution in [0.15, 0.2) is 35.6 Å². The van der Waals surface area contributed by atoms with Crippen LogP contribution in [-0.4, -0.2) is 47.0 Å². The third-order valence-electron chi connectivity index (χ3n) is 3.91. The Morgan fingerprint density at radius 2 is 2.04 bits per heavy atom. The summed E-state index contributed by atoms with van der Waals surface area (Å²) >= 11 is 0. The number of ether oxygens (including phenoxy) is 1. The van der Waals surface area contributed by atoms with Gasteiger partial charge < -0.3 is 19.9 Å². The zero-order chi connectivity index (χ0) is 18.8. The number of hydrogen-bond donors (Lipinski definition) is 2. The maximum atomic E-state index is 5.19. The van der Waals surface area contributed by atoms with E-state index in [0.717, 1.165) is 50.0 Å². The Kier molecular flexibility index (Phi) is 7.92. The van der Waals surface area contributed by atoms with Crippen molar-refractivity contribution in [2.75, 3.05) is 20.2 Å². The molecule has 0 aliphatic rings. The predicted molar refractivity (Wildman–Crippen MR) is 105 cm³/mol. The van der Waals surface area contributed by atoms with Crippen molar-refractivity contribution in [2.45, 2.75) is 46.2 Å². The average Bonchev–Trinajstić information content (AvgIpc) is 3.09. The van der Waals surface area contributed by atoms with Crippen LogP contribution >= 0.6 is 0 Å². The normalized spacial score (nSPS) is 11.7. The molecule has 1 aromatic carbocycles. The molecular weight excluding hydrogens is 328 g/mol. The lowest BCUT2D eigenvalue weighted by Crippen LogP contribution is -2.42. The SMILES string of the molecule is CCc1nncn1CCNC(=NCCc1ccc(OC)cc1)NC(C)C. The Bertz CT molecular complexity index is 678. The molecule has 0 saturated carbocycles. The molecule has 0 radical (unpaired) electrons. The van der Waals surface area contributed by atoms with Gasteiger partial charge in [0.1, 0.15) is 17.9 Å². The van der Waals surface area contributed by atoms with Gasteiger partial charge in [-0.3, -0.25) is 4.99 Å². The van der Waals surface area contributed by atoms with Gasteiger partial charge in [-0.1, -0.05) is 19.1 Å². The molecule has 2 rings (SSSR count). The Labute approximate surface area is 155 Å². The minimum atomic E-state index is 0.323. The minimum Gasteiger partial charge on any atom is -0.497 e. The number of rotatable bonds is 9. The van der Waals surface area contributed by atoms with E-state index in [4.69, 9.17) is 4.74 Å². The number of nitrogens with one attached hydrogen (secondary N) is 2. The highest BCUT2D eigenvalue weighted by Crippen LogP contribution is 2.11. The topological polar surface area (TPSA) is 76.4 Å². The third kappa shape index (κ3) is 6.38. The summed E-state index contributed by atoms with van der Waals surface area (Å²) in [6.07, 6.45) is 3.55. The Hall–Kier alpha value is -2.57. The zero-order valence-electron chi connectivity index (χ0n) is 16.2. The second-order valence-electron chi connectivity index (χ2n) is 6.35. The van der Waals surface area contributed by atoms with E-state index in [-0.39, 0.29) is 0 Å². The van der Waals surface area contributed by atoms with Crippen molar-refractivity contribution in [1.29, 1.82) is 0 Å². The molecule has 0 fully saturated rings. The Balaban J connectivity index is 1.85. The standard InChI is InChI=1S/C19H30N6O/c1-5-18-24-22-14-25(18)13-12-21-19(23-15(2)3)20-11-10-16-6-8-17(26-4)9-7-16/h6-9,14-15H,5,10-13H2,1-4H3,(H2,20,21,23). The number of aryl methyl sites for hydroxylation is 1. The van der Waals surface area contributed by atoms with Gasteiger partial charge in [0, 0.05) is 32.1 Å². The van der Waals surface area contributed by atoms with E-state index < -0.39 is 0 Å². The molecule has 0 atom stereocenters. The second kappa shape index (κ2) is 10.4. The fraction of sp³-hybridized carbons (Fsp3) is 0.526. The molecule has 26 heavy (non-hydrogen) atoms. The molecule has 7 nitrogen and oxygen atoms in total. The molecule has 0 spiro atoms. The van der Waals surface area contributed by atoms with Gasteiger partial charge in [-0.25, -0.2) is 0 Å². The molecule has 7 heteroatoms. The van der Waals surface area contributed by atoms with E-state index in [0.29, 0.717) is 6.04 Å². The third-order valence-corrected chi connectivity index (χ3v) is 3.91. The van der Waals surface area contributed by atoms with E-state index in [2.05, 4.69) is 63.3 Å². The van der Waals surface area contributed by atoms with Gasteiger partial charge in [0.05, 0.1) is 7.11 Å². The second-order valence-corrected chi connectivity index (χ2v) is 6.35. The van der Waals surface area contributed by atoms with Gasteiger partial charge >= 0.3 is 0 Å². The first-order chi connectivity index (χ1) is 12.6. The number of aliphatic imine (C=N–C) groups is 1. The number of hydrogen-bond acceptors (Lipinski definition) is 4. The van der Waals surface area contributed by atoms with Gasteiger partial charge in [-0.05, 0) is 38.0 Å². The lowest BCUT2D eigenvalue weighted by atomic mass is 10.1. The quantitative estimate of drug-likeness (QED) is 0.530. The van der Waals surface area contributed by atoms with Crippen LogP contribution in [0.2, 0.25) is 0 Å². The van der Waals surface area contributed by atoms with Crippen LogP contribution in [0, 0.1) is 0 Å². The summed E-state index contributed by atoms with van der Waals surface area (Å²) in [5, 5.41) is 14.8. The maximum Gasteiger partial charge on any atom is 0.191 e. The molecule has 2 N–H and O–H groups in total. The highest BCUT2D eigenvalue weighted by molar-refractivity contribution is 5.80. The molecule has 1 heterocycles. The summed E-state index contributed by atoms with van der Waals surface area (Å²) in [4.78, 5) is 4.69. The lowest BCUT2D eigenvalue weighted by molar-refractivity contribution is 0.414. The van der Waals surface area contributed by atoms with Crippen LogP contribution < -0.4 is 15.4 Å². The zero-order valence-corrected chi connectivity index (χ0v) is 16.2. The molecule has 0 aliphatic carbocycles. The Morgan fingerprint density at radius 3 is 2.69 bits per heavy atom. The van der Waals surface area contributed by atoms with Crippen LogP contribution in [-0.2, 0) is 19.4 Å². The molecular formula is C19H30N6O. The first kappa shape index (κ1) is 19.8. The van der Waals surface area contributed by atoms with Crippen LogP contribution in [0.5, 0.6) is 5.75 Å². The molecule has 0 unspecified atom stereocenters. The first-order valence-corrected chi connectivity index (χ1v) is 9.16. The summed E-state index contributed by atoms with van der Waals surface area (Å²) < 4.78 is 7.26. The van der Waals surface area contributed by atoms with Crippen molar-refractivity contribution < 1.29 is 4.74 Å². The monoisotopic (exact) mass is 358 g/mol. The van der Waals surface area contributed by atoms with E-state index in [1.807, 2.05) is 12.1 Å². The summed E-state index contributed by atoms with van der Waals surface area (Å²) in [5.41, 5.74) is 1.25. The van der Waals surface area contributed by atoms with Crippen LogP contribution in [0.1, 0.15) is 32.2 Å². The number of aromatic nitrogens is 3. The van der Waals surface area contributed by atoms with Gasteiger partial charge in [0.15, 0.2) is 5.96 Å². The summed E-state index contributed by atoms with van der Waals surface area (Å²) in [6.45, 7) is 8.60. The van der Waals surface area contributed by atoms with Gasteiger partial charge in [0.2, 0.25) is 0 Å². The Morgan fingerprint density at radius 1 is 1.27 bits per heavy atom. The number of benzene rings is 1. The van der Waals surface area contributed by atoms with Crippen molar-refractivity contribution in [3.05, 3.63) is 42.0 Å². The van der Waals surface area contributed by atoms with Crippen molar-refractivity contribution in [1.82, 2.24) is 25.4 Å². The van der Waals surface area contributed by atoms with E-state index in [1.165, 1.54) is 5.56 Å². The molecule has 2 aromatic rings. The molecule has 0 bridgehead atoms. The smallest absolute Gasteiger partial charge is 0.191 e. The van der Waals surface area contributed by atoms with Gasteiger partial charge in [0.25, 0.3) is 0 Å². The highest BCUT2D eigenvalue weighted by atomic mass is 16.5. The van der Waals surface area contributed by atoms with Crippen molar-refractivity contribution in [3.63, 3.8) is 0 Å². The van der Waals surface area contributed by atoms with Crippen LogP contribution in [0.3, 0.4) is 0 Å². The molecule has 0 aliphatic heterocycles. The minimum absolute atomic E-state index is 0.323. The average molecular weight is 358 g/mol.